The molecular weight excluding hydrogens is 414 g/mol. The maximum absolute atomic E-state index is 12.3. The van der Waals surface area contributed by atoms with Gasteiger partial charge in [-0.2, -0.15) is 0 Å². The van der Waals surface area contributed by atoms with Crippen molar-refractivity contribution in [1.82, 2.24) is 4.90 Å². The minimum Gasteiger partial charge on any atom is -0.493 e. The highest BCUT2D eigenvalue weighted by Gasteiger charge is 2.23. The third-order valence-corrected chi connectivity index (χ3v) is 5.36. The summed E-state index contributed by atoms with van der Waals surface area (Å²) in [6.45, 7) is 3.76. The van der Waals surface area contributed by atoms with Gasteiger partial charge in [0.15, 0.2) is 18.1 Å². The lowest BCUT2D eigenvalue weighted by Gasteiger charge is -2.26. The first-order chi connectivity index (χ1) is 15.6. The Bertz CT molecular complexity index is 960. The molecule has 9 heteroatoms. The highest BCUT2D eigenvalue weighted by atomic mass is 16.6. The predicted octanol–water partition coefficient (Wildman–Crippen LogP) is 2.50. The van der Waals surface area contributed by atoms with E-state index in [9.17, 15) is 9.59 Å². The minimum atomic E-state index is -0.324. The number of cyclic esters (lactones) is 1. The van der Waals surface area contributed by atoms with E-state index in [4.69, 9.17) is 18.9 Å². The van der Waals surface area contributed by atoms with Gasteiger partial charge in [0.05, 0.1) is 26.9 Å². The van der Waals surface area contributed by atoms with Crippen LogP contribution in [0.15, 0.2) is 42.5 Å². The van der Waals surface area contributed by atoms with Gasteiger partial charge in [-0.1, -0.05) is 12.1 Å². The fourth-order valence-electron chi connectivity index (χ4n) is 3.60. The Balaban J connectivity index is 1.34. The summed E-state index contributed by atoms with van der Waals surface area (Å²) >= 11 is 0. The summed E-state index contributed by atoms with van der Waals surface area (Å²) in [5.74, 6) is 1.02. The zero-order valence-electron chi connectivity index (χ0n) is 18.0. The lowest BCUT2D eigenvalue weighted by atomic mass is 10.2. The number of morpholine rings is 1. The van der Waals surface area contributed by atoms with Crippen molar-refractivity contribution >= 4 is 23.4 Å². The van der Waals surface area contributed by atoms with Crippen molar-refractivity contribution in [2.45, 2.75) is 6.54 Å². The van der Waals surface area contributed by atoms with Gasteiger partial charge in [-0.05, 0) is 35.9 Å². The Hall–Kier alpha value is -3.46. The largest absolute Gasteiger partial charge is 0.493 e. The lowest BCUT2D eigenvalue weighted by molar-refractivity contribution is -0.137. The van der Waals surface area contributed by atoms with Crippen molar-refractivity contribution in [2.24, 2.45) is 0 Å². The SMILES string of the molecule is COc1cc(CNc2cccc(N3CCOC3=O)c2)ccc1OCC(=O)N1CCOCC1. The number of nitrogens with one attached hydrogen (secondary N) is 1. The maximum atomic E-state index is 12.3. The van der Waals surface area contributed by atoms with E-state index in [1.54, 1.807) is 23.0 Å². The molecule has 0 unspecified atom stereocenters. The molecule has 4 rings (SSSR count). The number of nitrogens with zero attached hydrogens (tertiary/aromatic N) is 2. The fraction of sp³-hybridized carbons (Fsp3) is 0.391. The standard InChI is InChI=1S/C23H27N3O6/c1-29-21-13-17(5-6-20(21)32-16-22(27)25-7-10-30-11-8-25)15-24-18-3-2-4-19(14-18)26-9-12-31-23(26)28/h2-6,13-14,24H,7-12,15-16H2,1H3. The number of hydrogen-bond acceptors (Lipinski definition) is 7. The number of hydrogen-bond donors (Lipinski definition) is 1. The second kappa shape index (κ2) is 10.2. The molecule has 2 heterocycles. The van der Waals surface area contributed by atoms with Crippen LogP contribution in [-0.4, -0.2) is 70.1 Å². The van der Waals surface area contributed by atoms with Crippen molar-refractivity contribution in [2.75, 3.05) is 63.4 Å². The van der Waals surface area contributed by atoms with Gasteiger partial charge in [-0.15, -0.1) is 0 Å². The summed E-state index contributed by atoms with van der Waals surface area (Å²) in [6, 6.07) is 13.2. The molecule has 2 saturated heterocycles. The molecule has 0 spiro atoms. The van der Waals surface area contributed by atoms with E-state index in [2.05, 4.69) is 5.32 Å². The van der Waals surface area contributed by atoms with Crippen molar-refractivity contribution < 1.29 is 28.5 Å². The third-order valence-electron chi connectivity index (χ3n) is 5.36. The van der Waals surface area contributed by atoms with Crippen LogP contribution < -0.4 is 19.7 Å². The molecule has 0 bridgehead atoms. The van der Waals surface area contributed by atoms with E-state index in [-0.39, 0.29) is 18.6 Å². The monoisotopic (exact) mass is 441 g/mol. The second-order valence-corrected chi connectivity index (χ2v) is 7.44. The number of amides is 2. The molecule has 32 heavy (non-hydrogen) atoms. The first-order valence-electron chi connectivity index (χ1n) is 10.6. The summed E-state index contributed by atoms with van der Waals surface area (Å²) < 4.78 is 21.5. The van der Waals surface area contributed by atoms with Gasteiger partial charge in [0.2, 0.25) is 0 Å². The van der Waals surface area contributed by atoms with Gasteiger partial charge in [-0.25, -0.2) is 4.79 Å². The average molecular weight is 441 g/mol. The molecule has 170 valence electrons. The molecule has 2 aliphatic heterocycles. The van der Waals surface area contributed by atoms with Crippen LogP contribution >= 0.6 is 0 Å². The van der Waals surface area contributed by atoms with Crippen LogP contribution in [-0.2, 0) is 20.8 Å². The van der Waals surface area contributed by atoms with Crippen molar-refractivity contribution in [3.05, 3.63) is 48.0 Å². The summed E-state index contributed by atoms with van der Waals surface area (Å²) in [6.07, 6.45) is -0.324. The zero-order valence-corrected chi connectivity index (χ0v) is 18.0. The van der Waals surface area contributed by atoms with Crippen LogP contribution in [0.4, 0.5) is 16.2 Å². The summed E-state index contributed by atoms with van der Waals surface area (Å²) in [7, 11) is 1.57. The van der Waals surface area contributed by atoms with E-state index in [1.165, 1.54) is 0 Å². The molecule has 0 atom stereocenters. The quantitative estimate of drug-likeness (QED) is 0.673. The van der Waals surface area contributed by atoms with Gasteiger partial charge in [0, 0.05) is 31.0 Å². The summed E-state index contributed by atoms with van der Waals surface area (Å²) in [5, 5.41) is 3.36. The van der Waals surface area contributed by atoms with Crippen LogP contribution in [0.3, 0.4) is 0 Å². The van der Waals surface area contributed by atoms with E-state index in [0.717, 1.165) is 16.9 Å². The molecular formula is C23H27N3O6. The number of anilines is 2. The number of carbonyl (C=O) groups is 2. The van der Waals surface area contributed by atoms with E-state index < -0.39 is 0 Å². The number of benzene rings is 2. The van der Waals surface area contributed by atoms with Crippen molar-refractivity contribution in [3.63, 3.8) is 0 Å². The smallest absolute Gasteiger partial charge is 0.414 e. The lowest BCUT2D eigenvalue weighted by Crippen LogP contribution is -2.43. The van der Waals surface area contributed by atoms with Crippen LogP contribution in [0.1, 0.15) is 5.56 Å². The predicted molar refractivity (Wildman–Crippen MR) is 118 cm³/mol. The van der Waals surface area contributed by atoms with Crippen molar-refractivity contribution in [1.29, 1.82) is 0 Å². The van der Waals surface area contributed by atoms with Crippen LogP contribution in [0.25, 0.3) is 0 Å². The second-order valence-electron chi connectivity index (χ2n) is 7.44. The Morgan fingerprint density at radius 1 is 1.06 bits per heavy atom. The van der Waals surface area contributed by atoms with Crippen LogP contribution in [0.5, 0.6) is 11.5 Å². The Kier molecular flexibility index (Phi) is 6.96. The molecule has 0 radical (unpaired) electrons. The molecule has 2 fully saturated rings. The van der Waals surface area contributed by atoms with Crippen LogP contribution in [0, 0.1) is 0 Å². The Morgan fingerprint density at radius 3 is 2.66 bits per heavy atom. The number of carbonyl (C=O) groups excluding carboxylic acids is 2. The van der Waals surface area contributed by atoms with E-state index in [1.807, 2.05) is 36.4 Å². The van der Waals surface area contributed by atoms with Crippen molar-refractivity contribution in [3.8, 4) is 11.5 Å². The molecule has 2 amide bonds. The van der Waals surface area contributed by atoms with Gasteiger partial charge in [-0.3, -0.25) is 9.69 Å². The third kappa shape index (κ3) is 5.23. The fourth-order valence-corrected chi connectivity index (χ4v) is 3.60. The molecule has 2 aromatic rings. The molecule has 2 aromatic carbocycles. The van der Waals surface area contributed by atoms with E-state index >= 15 is 0 Å². The topological polar surface area (TPSA) is 89.6 Å². The highest BCUT2D eigenvalue weighted by molar-refractivity contribution is 5.89. The van der Waals surface area contributed by atoms with Gasteiger partial charge in [0.25, 0.3) is 5.91 Å². The average Bonchev–Trinajstić information content (AvgIpc) is 3.28. The van der Waals surface area contributed by atoms with Gasteiger partial charge < -0.3 is 29.2 Å². The first kappa shape index (κ1) is 21.8. The van der Waals surface area contributed by atoms with E-state index in [0.29, 0.717) is 57.5 Å². The molecule has 9 nitrogen and oxygen atoms in total. The molecule has 0 aromatic heterocycles. The maximum Gasteiger partial charge on any atom is 0.414 e. The summed E-state index contributed by atoms with van der Waals surface area (Å²) in [4.78, 5) is 27.4. The molecule has 0 saturated carbocycles. The van der Waals surface area contributed by atoms with Gasteiger partial charge >= 0.3 is 6.09 Å². The highest BCUT2D eigenvalue weighted by Crippen LogP contribution is 2.29. The number of rotatable bonds is 8. The number of ether oxygens (including phenoxy) is 4. The minimum absolute atomic E-state index is 0.0420. The first-order valence-corrected chi connectivity index (χ1v) is 10.6. The Labute approximate surface area is 186 Å². The molecule has 2 aliphatic rings. The number of methoxy groups -OCH3 is 1. The molecule has 1 N–H and O–H groups in total. The normalized spacial score (nSPS) is 16.0. The van der Waals surface area contributed by atoms with Crippen LogP contribution in [0.2, 0.25) is 0 Å². The Morgan fingerprint density at radius 2 is 1.91 bits per heavy atom. The molecule has 0 aliphatic carbocycles. The van der Waals surface area contributed by atoms with Gasteiger partial charge in [0.1, 0.15) is 6.61 Å². The summed E-state index contributed by atoms with van der Waals surface area (Å²) in [5.41, 5.74) is 2.67. The zero-order chi connectivity index (χ0) is 22.3.